The molecular formula is C20H26N2O. The number of likely N-dealkylation sites (tertiary alicyclic amines) is 1. The van der Waals surface area contributed by atoms with Crippen molar-refractivity contribution in [3.63, 3.8) is 0 Å². The Morgan fingerprint density at radius 2 is 1.96 bits per heavy atom. The van der Waals surface area contributed by atoms with E-state index in [0.717, 1.165) is 13.1 Å². The van der Waals surface area contributed by atoms with E-state index in [-0.39, 0.29) is 0 Å². The third kappa shape index (κ3) is 2.52. The molecule has 1 fully saturated rings. The third-order valence-corrected chi connectivity index (χ3v) is 5.80. The van der Waals surface area contributed by atoms with Crippen molar-refractivity contribution >= 4 is 0 Å². The van der Waals surface area contributed by atoms with E-state index in [2.05, 4.69) is 61.0 Å². The summed E-state index contributed by atoms with van der Waals surface area (Å²) >= 11 is 0. The molecule has 0 radical (unpaired) electrons. The van der Waals surface area contributed by atoms with Gasteiger partial charge in [-0.1, -0.05) is 24.3 Å². The molecule has 1 aliphatic heterocycles. The topological polar surface area (TPSA) is 19.6 Å². The second kappa shape index (κ2) is 5.81. The zero-order valence-corrected chi connectivity index (χ0v) is 14.3. The molecule has 0 amide bonds. The number of hydrogen-bond donors (Lipinski definition) is 0. The van der Waals surface area contributed by atoms with Crippen LogP contribution in [-0.2, 0) is 6.54 Å². The van der Waals surface area contributed by atoms with Crippen molar-refractivity contribution in [2.45, 2.75) is 38.4 Å². The fourth-order valence-corrected chi connectivity index (χ4v) is 4.52. The van der Waals surface area contributed by atoms with E-state index in [9.17, 15) is 0 Å². The predicted octanol–water partition coefficient (Wildman–Crippen LogP) is 3.89. The van der Waals surface area contributed by atoms with E-state index >= 15 is 0 Å². The molecule has 4 rings (SSSR count). The molecule has 122 valence electrons. The van der Waals surface area contributed by atoms with E-state index < -0.39 is 0 Å². The molecule has 2 aliphatic rings. The molecule has 0 spiro atoms. The number of furan rings is 1. The molecule has 0 N–H and O–H groups in total. The minimum atomic E-state index is 0.547. The largest absolute Gasteiger partial charge is 0.472 e. The van der Waals surface area contributed by atoms with Crippen molar-refractivity contribution in [3.05, 3.63) is 59.5 Å². The average molecular weight is 310 g/mol. The van der Waals surface area contributed by atoms with Crippen LogP contribution in [0, 0.1) is 5.92 Å². The van der Waals surface area contributed by atoms with Gasteiger partial charge >= 0.3 is 0 Å². The van der Waals surface area contributed by atoms with E-state index in [0.29, 0.717) is 23.9 Å². The van der Waals surface area contributed by atoms with Gasteiger partial charge in [0.25, 0.3) is 0 Å². The molecular weight excluding hydrogens is 284 g/mol. The van der Waals surface area contributed by atoms with Crippen molar-refractivity contribution in [2.75, 3.05) is 20.1 Å². The minimum absolute atomic E-state index is 0.547. The first-order valence-corrected chi connectivity index (χ1v) is 8.69. The van der Waals surface area contributed by atoms with Crippen LogP contribution in [0.1, 0.15) is 42.5 Å². The van der Waals surface area contributed by atoms with Gasteiger partial charge in [0.1, 0.15) is 0 Å². The first-order chi connectivity index (χ1) is 11.1. The highest BCUT2D eigenvalue weighted by molar-refractivity contribution is 5.41. The lowest BCUT2D eigenvalue weighted by molar-refractivity contribution is 0.145. The highest BCUT2D eigenvalue weighted by Gasteiger charge is 2.47. The number of fused-ring (bicyclic) bond motifs is 3. The number of benzene rings is 1. The lowest BCUT2D eigenvalue weighted by Crippen LogP contribution is -2.35. The summed E-state index contributed by atoms with van der Waals surface area (Å²) in [5, 5.41) is 0. The van der Waals surface area contributed by atoms with E-state index in [1.54, 1.807) is 17.4 Å². The van der Waals surface area contributed by atoms with Gasteiger partial charge in [-0.3, -0.25) is 9.80 Å². The van der Waals surface area contributed by atoms with Crippen molar-refractivity contribution in [2.24, 2.45) is 5.92 Å². The lowest BCUT2D eigenvalue weighted by atomic mass is 9.93. The fourth-order valence-electron chi connectivity index (χ4n) is 4.52. The van der Waals surface area contributed by atoms with Crippen LogP contribution in [0.4, 0.5) is 0 Å². The second-order valence-corrected chi connectivity index (χ2v) is 7.43. The molecule has 0 saturated carbocycles. The van der Waals surface area contributed by atoms with Gasteiger partial charge in [-0.25, -0.2) is 0 Å². The number of hydrogen-bond acceptors (Lipinski definition) is 3. The van der Waals surface area contributed by atoms with Gasteiger partial charge in [0, 0.05) is 43.2 Å². The maximum Gasteiger partial charge on any atom is 0.0947 e. The maximum absolute atomic E-state index is 5.23. The summed E-state index contributed by atoms with van der Waals surface area (Å²) in [5.74, 6) is 1.37. The first kappa shape index (κ1) is 15.0. The van der Waals surface area contributed by atoms with Gasteiger partial charge in [0.05, 0.1) is 12.5 Å². The van der Waals surface area contributed by atoms with Gasteiger partial charge in [-0.2, -0.15) is 0 Å². The maximum atomic E-state index is 5.23. The Bertz CT molecular complexity index is 664. The highest BCUT2D eigenvalue weighted by Crippen LogP contribution is 2.51. The number of rotatable bonds is 4. The summed E-state index contributed by atoms with van der Waals surface area (Å²) in [5.41, 5.74) is 4.42. The summed E-state index contributed by atoms with van der Waals surface area (Å²) in [6, 6.07) is 12.3. The average Bonchev–Trinajstić information content (AvgIpc) is 3.23. The van der Waals surface area contributed by atoms with E-state index in [1.165, 1.54) is 12.1 Å². The monoisotopic (exact) mass is 310 g/mol. The highest BCUT2D eigenvalue weighted by atomic mass is 16.3. The number of nitrogens with zero attached hydrogens (tertiary/aromatic N) is 2. The summed E-state index contributed by atoms with van der Waals surface area (Å²) in [6.07, 6.45) is 3.65. The Hall–Kier alpha value is -1.58. The summed E-state index contributed by atoms with van der Waals surface area (Å²) in [7, 11) is 2.28. The van der Waals surface area contributed by atoms with Gasteiger partial charge in [-0.05, 0) is 44.0 Å². The van der Waals surface area contributed by atoms with Crippen LogP contribution >= 0.6 is 0 Å². The van der Waals surface area contributed by atoms with Crippen molar-refractivity contribution < 1.29 is 4.42 Å². The van der Waals surface area contributed by atoms with Gasteiger partial charge in [0.15, 0.2) is 0 Å². The third-order valence-electron chi connectivity index (χ3n) is 5.80. The Kier molecular flexibility index (Phi) is 3.78. The van der Waals surface area contributed by atoms with Crippen LogP contribution in [0.25, 0.3) is 0 Å². The van der Waals surface area contributed by atoms with E-state index in [4.69, 9.17) is 4.42 Å². The summed E-state index contributed by atoms with van der Waals surface area (Å²) < 4.78 is 5.23. The Labute approximate surface area is 138 Å². The van der Waals surface area contributed by atoms with Gasteiger partial charge in [0.2, 0.25) is 0 Å². The van der Waals surface area contributed by atoms with Gasteiger partial charge < -0.3 is 4.42 Å². The fraction of sp³-hybridized carbons (Fsp3) is 0.500. The molecule has 2 aromatic rings. The van der Waals surface area contributed by atoms with Crippen LogP contribution < -0.4 is 0 Å². The molecule has 2 heterocycles. The molecule has 3 heteroatoms. The molecule has 1 aliphatic carbocycles. The molecule has 0 unspecified atom stereocenters. The minimum Gasteiger partial charge on any atom is -0.472 e. The first-order valence-electron chi connectivity index (χ1n) is 8.69. The standard InChI is InChI=1S/C20H26N2O/c1-14(2)21(3)20-17-7-5-4-6-16(17)18-11-22(12-19(18)20)10-15-8-9-23-13-15/h4-9,13-14,18-20H,10-12H2,1-3H3/t18-,19-,20-/m0/s1. The molecule has 3 atom stereocenters. The van der Waals surface area contributed by atoms with Crippen LogP contribution in [0.15, 0.2) is 47.3 Å². The van der Waals surface area contributed by atoms with Crippen LogP contribution in [0.2, 0.25) is 0 Å². The molecule has 23 heavy (non-hydrogen) atoms. The van der Waals surface area contributed by atoms with Crippen LogP contribution in [0.5, 0.6) is 0 Å². The normalized spacial score (nSPS) is 26.9. The summed E-state index contributed by atoms with van der Waals surface area (Å²) in [6.45, 7) is 7.94. The molecule has 1 aromatic heterocycles. The molecule has 3 nitrogen and oxygen atoms in total. The predicted molar refractivity (Wildman–Crippen MR) is 92.3 cm³/mol. The zero-order valence-electron chi connectivity index (χ0n) is 14.3. The van der Waals surface area contributed by atoms with Gasteiger partial charge in [-0.15, -0.1) is 0 Å². The SMILES string of the molecule is CC(C)N(C)[C@H]1c2ccccc2[C@@H]2CN(Cc3ccoc3)C[C@@H]21. The Morgan fingerprint density at radius 1 is 1.17 bits per heavy atom. The summed E-state index contributed by atoms with van der Waals surface area (Å²) in [4.78, 5) is 5.15. The van der Waals surface area contributed by atoms with E-state index in [1.807, 2.05) is 6.26 Å². The molecule has 1 saturated heterocycles. The van der Waals surface area contributed by atoms with Crippen LogP contribution in [-0.4, -0.2) is 36.0 Å². The zero-order chi connectivity index (χ0) is 16.0. The molecule has 0 bridgehead atoms. The van der Waals surface area contributed by atoms with Crippen molar-refractivity contribution in [1.29, 1.82) is 0 Å². The van der Waals surface area contributed by atoms with Crippen molar-refractivity contribution in [1.82, 2.24) is 9.80 Å². The molecule has 1 aromatic carbocycles. The quantitative estimate of drug-likeness (QED) is 0.854. The van der Waals surface area contributed by atoms with Crippen LogP contribution in [0.3, 0.4) is 0 Å². The lowest BCUT2D eigenvalue weighted by Gasteiger charge is -2.33. The smallest absolute Gasteiger partial charge is 0.0947 e. The Morgan fingerprint density at radius 3 is 2.65 bits per heavy atom. The Balaban J connectivity index is 1.61. The van der Waals surface area contributed by atoms with Crippen molar-refractivity contribution in [3.8, 4) is 0 Å². The second-order valence-electron chi connectivity index (χ2n) is 7.43.